The topological polar surface area (TPSA) is 115 Å². The van der Waals surface area contributed by atoms with Crippen molar-refractivity contribution in [3.8, 4) is 0 Å². The van der Waals surface area contributed by atoms with Crippen molar-refractivity contribution in [2.45, 2.75) is 45.1 Å². The van der Waals surface area contributed by atoms with Gasteiger partial charge in [0.1, 0.15) is 17.7 Å². The van der Waals surface area contributed by atoms with Crippen LogP contribution in [-0.4, -0.2) is 65.9 Å². The lowest BCUT2D eigenvalue weighted by Gasteiger charge is -2.52. The molecule has 9 nitrogen and oxygen atoms in total. The van der Waals surface area contributed by atoms with Crippen LogP contribution >= 0.6 is 6.89 Å². The normalized spacial score (nSPS) is 15.9. The summed E-state index contributed by atoms with van der Waals surface area (Å²) < 4.78 is 12.4. The molecule has 1 aromatic heterocycles. The standard InChI is InChI=1S/C45H46N3O6PSi/c1-6-30-53-45(52)44(55(35-18-10-7-11-19-35,36-20-12-8-13-21-36)37-22-14-9-15-23-37)48-39(41(43(48)51)32(2)54-56(3,4)5)31-40(49)33-25-27-34(28-26-33)47-42(50)38-24-16-17-29-46-38/h6-29,32,39,41H,1,30-31H2,2-5H3,(H,47,50)/t32-,39-,41-/m1/s1. The Morgan fingerprint density at radius 1 is 0.821 bits per heavy atom. The highest BCUT2D eigenvalue weighted by Gasteiger charge is 2.56. The molecule has 1 aliphatic heterocycles. The number of nitrogens with one attached hydrogen (secondary N) is 1. The molecule has 1 aliphatic rings. The molecular formula is C45H46N3O6PSi. The Morgan fingerprint density at radius 2 is 1.36 bits per heavy atom. The van der Waals surface area contributed by atoms with Crippen molar-refractivity contribution in [1.82, 2.24) is 9.88 Å². The monoisotopic (exact) mass is 783 g/mol. The number of carbonyl (C=O) groups excluding carboxylic acids is 4. The molecule has 3 atom stereocenters. The van der Waals surface area contributed by atoms with Crippen LogP contribution in [0.15, 0.2) is 152 Å². The number of ketones is 1. The van der Waals surface area contributed by atoms with Gasteiger partial charge in [0, 0.05) is 30.8 Å². The second kappa shape index (κ2) is 17.4. The largest absolute Gasteiger partial charge is 0.457 e. The summed E-state index contributed by atoms with van der Waals surface area (Å²) in [7, 11) is -2.15. The fraction of sp³-hybridized carbons (Fsp3) is 0.200. The number of anilines is 1. The average Bonchev–Trinajstić information content (AvgIpc) is 3.20. The smallest absolute Gasteiger partial charge is 0.356 e. The number of likely N-dealkylation sites (tertiary alicyclic amines) is 1. The van der Waals surface area contributed by atoms with Gasteiger partial charge in [0.2, 0.25) is 5.91 Å². The van der Waals surface area contributed by atoms with Gasteiger partial charge in [-0.05, 0) is 78.9 Å². The molecule has 56 heavy (non-hydrogen) atoms. The lowest BCUT2D eigenvalue weighted by molar-refractivity contribution is -0.156. The van der Waals surface area contributed by atoms with E-state index in [2.05, 4.69) is 36.5 Å². The minimum Gasteiger partial charge on any atom is -0.457 e. The maximum Gasteiger partial charge on any atom is 0.356 e. The second-order valence-electron chi connectivity index (χ2n) is 14.5. The number of benzene rings is 4. The van der Waals surface area contributed by atoms with Crippen molar-refractivity contribution < 1.29 is 28.3 Å². The molecule has 1 N–H and O–H groups in total. The van der Waals surface area contributed by atoms with Crippen LogP contribution in [0.4, 0.5) is 5.69 Å². The zero-order valence-corrected chi connectivity index (χ0v) is 33.9. The van der Waals surface area contributed by atoms with E-state index in [0.717, 1.165) is 15.9 Å². The number of β-lactam (4-membered cyclic amide) rings is 1. The highest BCUT2D eigenvalue weighted by molar-refractivity contribution is 7.96. The number of Topliss-reactive ketones (excluding diaryl/α,β-unsaturated/α-hetero) is 1. The molecule has 0 radical (unpaired) electrons. The van der Waals surface area contributed by atoms with E-state index in [1.54, 1.807) is 53.6 Å². The lowest BCUT2D eigenvalue weighted by atomic mass is 9.79. The Morgan fingerprint density at radius 3 is 1.84 bits per heavy atom. The first-order valence-electron chi connectivity index (χ1n) is 18.5. The molecule has 286 valence electrons. The fourth-order valence-electron chi connectivity index (χ4n) is 7.30. The maximum absolute atomic E-state index is 14.9. The third-order valence-electron chi connectivity index (χ3n) is 9.56. The van der Waals surface area contributed by atoms with E-state index >= 15 is 0 Å². The number of nitrogens with zero attached hydrogens (tertiary/aromatic N) is 2. The summed E-state index contributed by atoms with van der Waals surface area (Å²) in [4.78, 5) is 62.5. The van der Waals surface area contributed by atoms with Crippen LogP contribution in [0, 0.1) is 5.92 Å². The molecule has 5 aromatic rings. The number of pyridine rings is 1. The molecule has 0 spiro atoms. The summed E-state index contributed by atoms with van der Waals surface area (Å²) in [6.07, 6.45) is 2.42. The van der Waals surface area contributed by atoms with Crippen LogP contribution in [-0.2, 0) is 18.8 Å². The molecule has 2 amide bonds. The number of rotatable bonds is 15. The van der Waals surface area contributed by atoms with E-state index in [1.165, 1.54) is 6.08 Å². The Bertz CT molecular complexity index is 2140. The molecule has 0 aliphatic carbocycles. The van der Waals surface area contributed by atoms with E-state index in [4.69, 9.17) is 9.16 Å². The van der Waals surface area contributed by atoms with Gasteiger partial charge in [-0.1, -0.05) is 110 Å². The summed E-state index contributed by atoms with van der Waals surface area (Å²) in [5.41, 5.74) is 1.34. The third kappa shape index (κ3) is 8.43. The van der Waals surface area contributed by atoms with Crippen molar-refractivity contribution in [2.24, 2.45) is 5.92 Å². The van der Waals surface area contributed by atoms with Gasteiger partial charge in [0.15, 0.2) is 14.1 Å². The number of carbonyl (C=O) groups is 4. The Hall–Kier alpha value is -5.67. The van der Waals surface area contributed by atoms with Gasteiger partial charge >= 0.3 is 5.97 Å². The molecule has 1 fully saturated rings. The average molecular weight is 784 g/mol. The number of aromatic nitrogens is 1. The first-order valence-corrected chi connectivity index (χ1v) is 23.7. The van der Waals surface area contributed by atoms with E-state index < -0.39 is 39.2 Å². The van der Waals surface area contributed by atoms with Gasteiger partial charge in [-0.2, -0.15) is 0 Å². The Labute approximate surface area is 329 Å². The number of ether oxygens (including phenoxy) is 1. The van der Waals surface area contributed by atoms with Gasteiger partial charge in [-0.3, -0.25) is 19.4 Å². The summed E-state index contributed by atoms with van der Waals surface area (Å²) in [5, 5.41) is 5.35. The van der Waals surface area contributed by atoms with Gasteiger partial charge in [-0.15, -0.1) is 0 Å². The molecule has 1 saturated heterocycles. The van der Waals surface area contributed by atoms with Gasteiger partial charge in [0.25, 0.3) is 5.91 Å². The molecular weight excluding hydrogens is 738 g/mol. The van der Waals surface area contributed by atoms with E-state index in [9.17, 15) is 19.2 Å². The minimum absolute atomic E-state index is 0.0753. The van der Waals surface area contributed by atoms with Crippen molar-refractivity contribution in [1.29, 1.82) is 0 Å². The van der Waals surface area contributed by atoms with Crippen LogP contribution < -0.4 is 21.2 Å². The van der Waals surface area contributed by atoms with Gasteiger partial charge in [-0.25, -0.2) is 4.79 Å². The summed E-state index contributed by atoms with van der Waals surface area (Å²) in [6.45, 7) is 8.55. The van der Waals surface area contributed by atoms with E-state index in [1.807, 2.05) is 97.9 Å². The number of hydrogen-bond donors (Lipinski definition) is 1. The zero-order chi connectivity index (χ0) is 39.9. The third-order valence-corrected chi connectivity index (χ3v) is 14.9. The Kier molecular flexibility index (Phi) is 12.4. The zero-order valence-electron chi connectivity index (χ0n) is 32.0. The molecule has 2 heterocycles. The summed E-state index contributed by atoms with van der Waals surface area (Å²) in [6, 6.07) is 40.2. The molecule has 0 saturated carbocycles. The van der Waals surface area contributed by atoms with Gasteiger partial charge in [0.05, 0.1) is 18.1 Å². The van der Waals surface area contributed by atoms with Crippen LogP contribution in [0.3, 0.4) is 0 Å². The van der Waals surface area contributed by atoms with Crippen molar-refractivity contribution in [3.63, 3.8) is 0 Å². The second-order valence-corrected chi connectivity index (χ2v) is 22.3. The molecule has 6 rings (SSSR count). The predicted octanol–water partition coefficient (Wildman–Crippen LogP) is 6.83. The predicted molar refractivity (Wildman–Crippen MR) is 227 cm³/mol. The van der Waals surface area contributed by atoms with Crippen LogP contribution in [0.5, 0.6) is 0 Å². The quantitative estimate of drug-likeness (QED) is 0.0310. The molecule has 4 aromatic carbocycles. The Balaban J connectivity index is 1.52. The van der Waals surface area contributed by atoms with Crippen molar-refractivity contribution in [3.05, 3.63) is 164 Å². The highest BCUT2D eigenvalue weighted by atomic mass is 31.2. The van der Waals surface area contributed by atoms with Gasteiger partial charge < -0.3 is 19.4 Å². The molecule has 0 unspecified atom stereocenters. The molecule has 0 bridgehead atoms. The number of esters is 1. The first kappa shape index (κ1) is 40.0. The fourth-order valence-corrected chi connectivity index (χ4v) is 13.0. The lowest BCUT2D eigenvalue weighted by Crippen LogP contribution is -2.69. The van der Waals surface area contributed by atoms with Crippen molar-refractivity contribution in [2.75, 3.05) is 11.9 Å². The summed E-state index contributed by atoms with van der Waals surface area (Å²) >= 11 is 0. The van der Waals surface area contributed by atoms with E-state index in [-0.39, 0.29) is 41.7 Å². The first-order chi connectivity index (χ1) is 27.0. The molecule has 11 heteroatoms. The SMILES string of the molecule is C=CCOC(=O)C(N1C(=O)[C@H]([C@@H](C)O[Si](C)(C)C)[C@H]1CC(=O)c1ccc(NC(=O)c2ccccn2)cc1)=P(c1ccccc1)(c1ccccc1)c1ccccc1. The van der Waals surface area contributed by atoms with Crippen molar-refractivity contribution >= 4 is 65.8 Å². The van der Waals surface area contributed by atoms with Crippen LogP contribution in [0.2, 0.25) is 19.6 Å². The van der Waals surface area contributed by atoms with E-state index in [0.29, 0.717) is 11.3 Å². The van der Waals surface area contributed by atoms with Crippen LogP contribution in [0.1, 0.15) is 34.2 Å². The minimum atomic E-state index is -3.19. The van der Waals surface area contributed by atoms with Crippen LogP contribution in [0.25, 0.3) is 0 Å². The maximum atomic E-state index is 14.9. The number of amides is 2. The highest BCUT2D eigenvalue weighted by Crippen LogP contribution is 2.50. The number of hydrogen-bond acceptors (Lipinski definition) is 7. The summed E-state index contributed by atoms with van der Waals surface area (Å²) in [5.74, 6) is -2.29.